The number of fused-ring (bicyclic) bond motifs is 1. The number of halogens is 2. The number of aromatic nitrogens is 3. The molecular weight excluding hydrogens is 478 g/mol. The molecular formula is C28H30F2N4O3. The van der Waals surface area contributed by atoms with Crippen LogP contribution in [0.25, 0.3) is 22.2 Å². The Morgan fingerprint density at radius 3 is 2.41 bits per heavy atom. The fourth-order valence-corrected chi connectivity index (χ4v) is 6.15. The summed E-state index contributed by atoms with van der Waals surface area (Å²) in [6, 6.07) is 9.69. The van der Waals surface area contributed by atoms with Gasteiger partial charge in [0, 0.05) is 23.4 Å². The Kier molecular flexibility index (Phi) is 6.00. The summed E-state index contributed by atoms with van der Waals surface area (Å²) < 4.78 is 35.5. The molecule has 7 nitrogen and oxygen atoms in total. The van der Waals surface area contributed by atoms with Gasteiger partial charge >= 0.3 is 0 Å². The van der Waals surface area contributed by atoms with Crippen LogP contribution in [-0.2, 0) is 0 Å². The lowest BCUT2D eigenvalue weighted by molar-refractivity contribution is 0.110. The van der Waals surface area contributed by atoms with E-state index in [0.717, 1.165) is 64.4 Å². The molecule has 3 heterocycles. The molecule has 1 saturated heterocycles. The number of aliphatic hydroxyl groups is 2. The van der Waals surface area contributed by atoms with E-state index in [9.17, 15) is 19.0 Å². The van der Waals surface area contributed by atoms with E-state index in [4.69, 9.17) is 9.51 Å². The number of hydrogen-bond acceptors (Lipinski definition) is 6. The number of rotatable bonds is 4. The molecule has 2 fully saturated rings. The molecule has 194 valence electrons. The van der Waals surface area contributed by atoms with E-state index >= 15 is 0 Å². The van der Waals surface area contributed by atoms with Crippen LogP contribution >= 0.6 is 0 Å². The first-order valence-corrected chi connectivity index (χ1v) is 12.9. The van der Waals surface area contributed by atoms with Crippen LogP contribution in [0.4, 0.5) is 14.5 Å². The van der Waals surface area contributed by atoms with Gasteiger partial charge < -0.3 is 24.2 Å². The van der Waals surface area contributed by atoms with E-state index in [1.165, 1.54) is 6.07 Å². The van der Waals surface area contributed by atoms with Crippen LogP contribution in [0.1, 0.15) is 67.9 Å². The first-order chi connectivity index (χ1) is 17.8. The fourth-order valence-electron chi connectivity index (χ4n) is 6.15. The van der Waals surface area contributed by atoms with Crippen molar-refractivity contribution in [1.82, 2.24) is 14.7 Å². The molecule has 37 heavy (non-hydrogen) atoms. The Balaban J connectivity index is 1.50. The molecule has 2 aromatic carbocycles. The summed E-state index contributed by atoms with van der Waals surface area (Å²) in [7, 11) is 0. The Morgan fingerprint density at radius 2 is 1.70 bits per heavy atom. The second-order valence-corrected chi connectivity index (χ2v) is 10.3. The Bertz CT molecular complexity index is 1440. The normalized spacial score (nSPS) is 24.3. The Hall–Kier alpha value is -3.30. The molecule has 4 aromatic rings. The Labute approximate surface area is 213 Å². The smallest absolute Gasteiger partial charge is 0.160 e. The van der Waals surface area contributed by atoms with Crippen molar-refractivity contribution in [2.24, 2.45) is 0 Å². The molecule has 1 aliphatic carbocycles. The van der Waals surface area contributed by atoms with Crippen LogP contribution in [0, 0.1) is 25.5 Å². The Morgan fingerprint density at radius 1 is 0.919 bits per heavy atom. The van der Waals surface area contributed by atoms with Gasteiger partial charge in [-0.1, -0.05) is 11.2 Å². The highest BCUT2D eigenvalue weighted by atomic mass is 19.2. The van der Waals surface area contributed by atoms with Crippen molar-refractivity contribution >= 4 is 16.7 Å². The molecule has 2 aromatic heterocycles. The molecule has 2 aliphatic rings. The van der Waals surface area contributed by atoms with Crippen LogP contribution in [-0.4, -0.2) is 37.3 Å². The van der Waals surface area contributed by atoms with E-state index in [-0.39, 0.29) is 18.2 Å². The highest BCUT2D eigenvalue weighted by molar-refractivity contribution is 5.84. The molecule has 6 rings (SSSR count). The van der Waals surface area contributed by atoms with E-state index in [1.807, 2.05) is 26.0 Å². The summed E-state index contributed by atoms with van der Waals surface area (Å²) in [5.74, 6) is -0.349. The summed E-state index contributed by atoms with van der Waals surface area (Å²) in [6.45, 7) is 3.80. The summed E-state index contributed by atoms with van der Waals surface area (Å²) in [6.07, 6.45) is 3.01. The highest BCUT2D eigenvalue weighted by Crippen LogP contribution is 2.43. The predicted molar refractivity (Wildman–Crippen MR) is 135 cm³/mol. The van der Waals surface area contributed by atoms with Gasteiger partial charge in [0.2, 0.25) is 0 Å². The second kappa shape index (κ2) is 9.22. The SMILES string of the molecule is Cc1noc(C)c1-c1ccc2c(c1)nc([C@@H]1CCC(O)N1c1ccc(F)c(F)c1)n2[C@H]1CC[C@@H](O)CC1. The van der Waals surface area contributed by atoms with Crippen molar-refractivity contribution in [3.8, 4) is 11.1 Å². The van der Waals surface area contributed by atoms with E-state index in [1.54, 1.807) is 4.90 Å². The van der Waals surface area contributed by atoms with Crippen molar-refractivity contribution in [2.75, 3.05) is 4.90 Å². The lowest BCUT2D eigenvalue weighted by atomic mass is 9.92. The average molecular weight is 509 g/mol. The molecule has 0 amide bonds. The van der Waals surface area contributed by atoms with Crippen molar-refractivity contribution in [1.29, 1.82) is 0 Å². The van der Waals surface area contributed by atoms with Gasteiger partial charge in [0.1, 0.15) is 17.8 Å². The van der Waals surface area contributed by atoms with Crippen LogP contribution in [0.2, 0.25) is 0 Å². The predicted octanol–water partition coefficient (Wildman–Crippen LogP) is 5.72. The van der Waals surface area contributed by atoms with Gasteiger partial charge in [0.15, 0.2) is 11.6 Å². The third-order valence-electron chi connectivity index (χ3n) is 7.92. The lowest BCUT2D eigenvalue weighted by Crippen LogP contribution is -2.33. The van der Waals surface area contributed by atoms with Crippen molar-refractivity contribution in [3.05, 3.63) is 65.3 Å². The monoisotopic (exact) mass is 508 g/mol. The molecule has 1 unspecified atom stereocenters. The van der Waals surface area contributed by atoms with Gasteiger partial charge in [-0.2, -0.15) is 0 Å². The average Bonchev–Trinajstić information content (AvgIpc) is 3.55. The number of benzene rings is 2. The second-order valence-electron chi connectivity index (χ2n) is 10.3. The van der Waals surface area contributed by atoms with Gasteiger partial charge in [-0.15, -0.1) is 0 Å². The number of hydrogen-bond donors (Lipinski definition) is 2. The zero-order valence-electron chi connectivity index (χ0n) is 20.9. The summed E-state index contributed by atoms with van der Waals surface area (Å²) >= 11 is 0. The number of imidazole rings is 1. The molecule has 1 saturated carbocycles. The highest BCUT2D eigenvalue weighted by Gasteiger charge is 2.38. The first-order valence-electron chi connectivity index (χ1n) is 12.9. The lowest BCUT2D eigenvalue weighted by Gasteiger charge is -2.33. The number of aliphatic hydroxyl groups excluding tert-OH is 2. The van der Waals surface area contributed by atoms with Crippen molar-refractivity contribution in [3.63, 3.8) is 0 Å². The molecule has 0 spiro atoms. The minimum atomic E-state index is -0.950. The maximum atomic E-state index is 14.2. The first kappa shape index (κ1) is 24.1. The van der Waals surface area contributed by atoms with Gasteiger partial charge in [-0.3, -0.25) is 0 Å². The zero-order chi connectivity index (χ0) is 25.8. The van der Waals surface area contributed by atoms with Crippen LogP contribution in [0.5, 0.6) is 0 Å². The number of aryl methyl sites for hydroxylation is 2. The minimum Gasteiger partial charge on any atom is -0.393 e. The largest absolute Gasteiger partial charge is 0.393 e. The van der Waals surface area contributed by atoms with E-state index < -0.39 is 17.9 Å². The standard InChI is InChI=1S/C28H30F2N4O3/c1-15-27(16(2)37-32-15)17-3-10-24-23(13-17)31-28(34(24)18-4-7-20(35)8-5-18)25-11-12-26(36)33(25)19-6-9-21(29)22(30)14-19/h3,6,9-10,13-14,18,20,25-26,35-36H,4-5,7-8,11-12H2,1-2H3/t18-,20+,25-,26?/m0/s1. The molecule has 2 atom stereocenters. The van der Waals surface area contributed by atoms with Gasteiger partial charge in [-0.05, 0) is 82.2 Å². The number of nitrogens with zero attached hydrogens (tertiary/aromatic N) is 4. The summed E-state index contributed by atoms with van der Waals surface area (Å²) in [5.41, 5.74) is 4.91. The van der Waals surface area contributed by atoms with E-state index in [0.29, 0.717) is 31.4 Å². The third kappa shape index (κ3) is 4.10. The van der Waals surface area contributed by atoms with Crippen LogP contribution in [0.15, 0.2) is 40.9 Å². The quantitative estimate of drug-likeness (QED) is 0.367. The molecule has 9 heteroatoms. The van der Waals surface area contributed by atoms with E-state index in [2.05, 4.69) is 15.8 Å². The molecule has 2 N–H and O–H groups in total. The van der Waals surface area contributed by atoms with Crippen LogP contribution in [0.3, 0.4) is 0 Å². The number of anilines is 1. The van der Waals surface area contributed by atoms with Gasteiger partial charge in [-0.25, -0.2) is 13.8 Å². The van der Waals surface area contributed by atoms with Gasteiger partial charge in [0.25, 0.3) is 0 Å². The summed E-state index contributed by atoms with van der Waals surface area (Å²) in [5, 5.41) is 25.1. The fraction of sp³-hybridized carbons (Fsp3) is 0.429. The maximum Gasteiger partial charge on any atom is 0.160 e. The summed E-state index contributed by atoms with van der Waals surface area (Å²) in [4.78, 5) is 6.84. The molecule has 1 aliphatic heterocycles. The van der Waals surface area contributed by atoms with Crippen molar-refractivity contribution in [2.45, 2.75) is 76.8 Å². The topological polar surface area (TPSA) is 87.6 Å². The maximum absolute atomic E-state index is 14.2. The minimum absolute atomic E-state index is 0.137. The third-order valence-corrected chi connectivity index (χ3v) is 7.92. The molecule has 0 bridgehead atoms. The zero-order valence-corrected chi connectivity index (χ0v) is 20.9. The molecule has 0 radical (unpaired) electrons. The van der Waals surface area contributed by atoms with Crippen molar-refractivity contribution < 1.29 is 23.5 Å². The van der Waals surface area contributed by atoms with Crippen LogP contribution < -0.4 is 4.90 Å². The van der Waals surface area contributed by atoms with Gasteiger partial charge in [0.05, 0.1) is 28.9 Å².